The van der Waals surface area contributed by atoms with E-state index < -0.39 is 0 Å². The van der Waals surface area contributed by atoms with Crippen LogP contribution in [0.2, 0.25) is 0 Å². The standard InChI is InChI=1S/C60H40N4/c1-3-15-45(16-4-1)63(48-34-36-58-53(39-48)49-19-9-10-24-57(49)64(58)46-17-5-2-6-18-46)47-33-35-52-54(40-47)60(44-31-27-42(28-32-44)56-23-12-14-38-62-56)51-21-8-7-20-50(51)59(52)43-29-25-41(26-30-43)55-22-11-13-37-61-55/h1-40H. The molecule has 4 nitrogen and oxygen atoms in total. The predicted octanol–water partition coefficient (Wildman–Crippen LogP) is 16.0. The van der Waals surface area contributed by atoms with E-state index in [1.807, 2.05) is 36.7 Å². The van der Waals surface area contributed by atoms with Gasteiger partial charge >= 0.3 is 0 Å². The molecule has 12 rings (SSSR count). The summed E-state index contributed by atoms with van der Waals surface area (Å²) in [6.07, 6.45) is 3.70. The molecule has 0 saturated carbocycles. The Morgan fingerprint density at radius 3 is 1.34 bits per heavy atom. The van der Waals surface area contributed by atoms with Crippen LogP contribution in [0.1, 0.15) is 0 Å². The van der Waals surface area contributed by atoms with Crippen LogP contribution < -0.4 is 4.90 Å². The molecule has 0 spiro atoms. The topological polar surface area (TPSA) is 34.0 Å². The van der Waals surface area contributed by atoms with Gasteiger partial charge in [-0.3, -0.25) is 9.97 Å². The number of hydrogen-bond acceptors (Lipinski definition) is 3. The SMILES string of the molecule is c1ccc(N(c2ccc3c(-c4ccc(-c5ccccn5)cc4)c4ccccc4c(-c4ccc(-c5ccccn5)cc4)c3c2)c2ccc3c(c2)c2ccccc2n3-c2ccccc2)cc1. The van der Waals surface area contributed by atoms with Crippen molar-refractivity contribution >= 4 is 60.4 Å². The van der Waals surface area contributed by atoms with Gasteiger partial charge in [-0.15, -0.1) is 0 Å². The summed E-state index contributed by atoms with van der Waals surface area (Å²) >= 11 is 0. The van der Waals surface area contributed by atoms with Gasteiger partial charge < -0.3 is 9.47 Å². The van der Waals surface area contributed by atoms with Gasteiger partial charge in [0.15, 0.2) is 0 Å². The van der Waals surface area contributed by atoms with E-state index in [0.717, 1.165) is 56.4 Å². The first-order valence-corrected chi connectivity index (χ1v) is 21.7. The number of pyridine rings is 2. The van der Waals surface area contributed by atoms with Gasteiger partial charge in [0.05, 0.1) is 22.4 Å². The molecule has 0 amide bonds. The largest absolute Gasteiger partial charge is 0.310 e. The maximum atomic E-state index is 4.65. The molecular weight excluding hydrogens is 777 g/mol. The highest BCUT2D eigenvalue weighted by Crippen LogP contribution is 2.47. The Bertz CT molecular complexity index is 3620. The lowest BCUT2D eigenvalue weighted by molar-refractivity contribution is 1.18. The van der Waals surface area contributed by atoms with Crippen LogP contribution >= 0.6 is 0 Å². The lowest BCUT2D eigenvalue weighted by Crippen LogP contribution is -2.10. The van der Waals surface area contributed by atoms with E-state index in [-0.39, 0.29) is 0 Å². The monoisotopic (exact) mass is 816 g/mol. The molecular formula is C60H40N4. The van der Waals surface area contributed by atoms with Gasteiger partial charge in [0.25, 0.3) is 0 Å². The molecule has 0 N–H and O–H groups in total. The molecule has 9 aromatic carbocycles. The minimum atomic E-state index is 0.956. The summed E-state index contributed by atoms with van der Waals surface area (Å²) in [6, 6.07) is 82.8. The Hall–Kier alpha value is -8.60. The van der Waals surface area contributed by atoms with E-state index in [2.05, 4.69) is 226 Å². The molecule has 0 bridgehead atoms. The average molecular weight is 817 g/mol. The summed E-state index contributed by atoms with van der Waals surface area (Å²) in [5.74, 6) is 0. The number of fused-ring (bicyclic) bond motifs is 5. The van der Waals surface area contributed by atoms with Crippen molar-refractivity contribution in [3.63, 3.8) is 0 Å². The van der Waals surface area contributed by atoms with Crippen LogP contribution in [-0.4, -0.2) is 14.5 Å². The molecule has 0 aliphatic carbocycles. The summed E-state index contributed by atoms with van der Waals surface area (Å²) in [4.78, 5) is 11.7. The number of hydrogen-bond donors (Lipinski definition) is 0. The molecule has 0 saturated heterocycles. The van der Waals surface area contributed by atoms with Crippen LogP contribution in [-0.2, 0) is 0 Å². The molecule has 0 radical (unpaired) electrons. The molecule has 0 aliphatic heterocycles. The molecule has 300 valence electrons. The third kappa shape index (κ3) is 6.40. The average Bonchev–Trinajstić information content (AvgIpc) is 3.71. The van der Waals surface area contributed by atoms with Crippen molar-refractivity contribution in [2.45, 2.75) is 0 Å². The molecule has 3 aromatic heterocycles. The second-order valence-corrected chi connectivity index (χ2v) is 16.2. The lowest BCUT2D eigenvalue weighted by Gasteiger charge is -2.27. The number of para-hydroxylation sites is 3. The highest BCUT2D eigenvalue weighted by Gasteiger charge is 2.22. The Balaban J connectivity index is 1.10. The van der Waals surface area contributed by atoms with Crippen molar-refractivity contribution < 1.29 is 0 Å². The summed E-state index contributed by atoms with van der Waals surface area (Å²) in [5.41, 5.74) is 15.5. The normalized spacial score (nSPS) is 11.4. The van der Waals surface area contributed by atoms with Gasteiger partial charge in [-0.1, -0.05) is 146 Å². The molecule has 3 heterocycles. The first-order chi connectivity index (χ1) is 31.8. The van der Waals surface area contributed by atoms with Crippen LogP contribution in [0.5, 0.6) is 0 Å². The summed E-state index contributed by atoms with van der Waals surface area (Å²) in [7, 11) is 0. The molecule has 64 heavy (non-hydrogen) atoms. The number of anilines is 3. The van der Waals surface area contributed by atoms with Crippen molar-refractivity contribution in [3.8, 4) is 50.5 Å². The Labute approximate surface area is 371 Å². The van der Waals surface area contributed by atoms with Crippen molar-refractivity contribution in [2.24, 2.45) is 0 Å². The molecule has 0 atom stereocenters. The van der Waals surface area contributed by atoms with Gasteiger partial charge in [-0.25, -0.2) is 0 Å². The van der Waals surface area contributed by atoms with Crippen LogP contribution in [0.3, 0.4) is 0 Å². The van der Waals surface area contributed by atoms with Crippen molar-refractivity contribution in [1.29, 1.82) is 0 Å². The Morgan fingerprint density at radius 1 is 0.297 bits per heavy atom. The van der Waals surface area contributed by atoms with Crippen molar-refractivity contribution in [1.82, 2.24) is 14.5 Å². The van der Waals surface area contributed by atoms with Crippen molar-refractivity contribution in [3.05, 3.63) is 243 Å². The van der Waals surface area contributed by atoms with Gasteiger partial charge in [0.1, 0.15) is 0 Å². The molecule has 0 unspecified atom stereocenters. The van der Waals surface area contributed by atoms with Crippen molar-refractivity contribution in [2.75, 3.05) is 4.90 Å². The Kier molecular flexibility index (Phi) is 9.12. The summed E-state index contributed by atoms with van der Waals surface area (Å²) in [6.45, 7) is 0. The maximum Gasteiger partial charge on any atom is 0.0701 e. The third-order valence-corrected chi connectivity index (χ3v) is 12.5. The zero-order chi connectivity index (χ0) is 42.4. The van der Waals surface area contributed by atoms with E-state index in [0.29, 0.717) is 0 Å². The number of nitrogens with zero attached hydrogens (tertiary/aromatic N) is 4. The zero-order valence-electron chi connectivity index (χ0n) is 34.9. The van der Waals surface area contributed by atoms with Gasteiger partial charge in [0.2, 0.25) is 0 Å². The van der Waals surface area contributed by atoms with E-state index in [1.165, 1.54) is 54.5 Å². The van der Waals surface area contributed by atoms with Crippen LogP contribution in [0.15, 0.2) is 243 Å². The molecule has 4 heteroatoms. The maximum absolute atomic E-state index is 4.65. The smallest absolute Gasteiger partial charge is 0.0701 e. The second-order valence-electron chi connectivity index (χ2n) is 16.2. The summed E-state index contributed by atoms with van der Waals surface area (Å²) < 4.78 is 2.37. The van der Waals surface area contributed by atoms with E-state index in [4.69, 9.17) is 0 Å². The number of benzene rings is 9. The zero-order valence-corrected chi connectivity index (χ0v) is 34.9. The fraction of sp³-hybridized carbons (Fsp3) is 0. The lowest BCUT2D eigenvalue weighted by atomic mass is 9.85. The van der Waals surface area contributed by atoms with Gasteiger partial charge in [-0.2, -0.15) is 0 Å². The molecule has 0 aliphatic rings. The first kappa shape index (κ1) is 37.2. The van der Waals surface area contributed by atoms with Crippen LogP contribution in [0.25, 0.3) is 93.8 Å². The third-order valence-electron chi connectivity index (χ3n) is 12.5. The number of rotatable bonds is 8. The predicted molar refractivity (Wildman–Crippen MR) is 268 cm³/mol. The van der Waals surface area contributed by atoms with E-state index >= 15 is 0 Å². The van der Waals surface area contributed by atoms with E-state index in [9.17, 15) is 0 Å². The van der Waals surface area contributed by atoms with E-state index in [1.54, 1.807) is 0 Å². The highest BCUT2D eigenvalue weighted by atomic mass is 15.1. The highest BCUT2D eigenvalue weighted by molar-refractivity contribution is 6.22. The number of aromatic nitrogens is 3. The first-order valence-electron chi connectivity index (χ1n) is 21.7. The minimum absolute atomic E-state index is 0.956. The molecule has 0 fully saturated rings. The minimum Gasteiger partial charge on any atom is -0.310 e. The molecule has 12 aromatic rings. The Morgan fingerprint density at radius 2 is 0.750 bits per heavy atom. The van der Waals surface area contributed by atoms with Crippen LogP contribution in [0.4, 0.5) is 17.1 Å². The van der Waals surface area contributed by atoms with Gasteiger partial charge in [-0.05, 0) is 129 Å². The summed E-state index contributed by atoms with van der Waals surface area (Å²) in [5, 5.41) is 7.19. The fourth-order valence-electron chi connectivity index (χ4n) is 9.59. The fourth-order valence-corrected chi connectivity index (χ4v) is 9.59. The van der Waals surface area contributed by atoms with Gasteiger partial charge in [0, 0.05) is 57.0 Å². The van der Waals surface area contributed by atoms with Crippen LogP contribution in [0, 0.1) is 0 Å². The quantitative estimate of drug-likeness (QED) is 0.143. The second kappa shape index (κ2) is 15.7.